The number of fused-ring (bicyclic) bond motifs is 2. The third-order valence-electron chi connectivity index (χ3n) is 5.82. The maximum Gasteiger partial charge on any atom is 0.317 e. The first-order valence-corrected chi connectivity index (χ1v) is 8.29. The first kappa shape index (κ1) is 14.7. The fraction of sp³-hybridized carbons (Fsp3) is 0.875. The Morgan fingerprint density at radius 1 is 1.24 bits per heavy atom. The van der Waals surface area contributed by atoms with Crippen LogP contribution in [0.15, 0.2) is 0 Å². The molecule has 0 aromatic rings. The number of carboxylic acid groups (broad SMARTS) is 1. The van der Waals surface area contributed by atoms with Gasteiger partial charge in [0, 0.05) is 18.6 Å². The second-order valence-electron chi connectivity index (χ2n) is 7.42. The minimum Gasteiger partial charge on any atom is -0.481 e. The molecule has 3 atom stereocenters. The van der Waals surface area contributed by atoms with Crippen molar-refractivity contribution in [1.82, 2.24) is 10.2 Å². The zero-order valence-electron chi connectivity index (χ0n) is 12.8. The van der Waals surface area contributed by atoms with Crippen molar-refractivity contribution >= 4 is 12.0 Å². The molecule has 3 unspecified atom stereocenters. The smallest absolute Gasteiger partial charge is 0.317 e. The van der Waals surface area contributed by atoms with Gasteiger partial charge in [0.05, 0.1) is 5.92 Å². The van der Waals surface area contributed by atoms with Crippen molar-refractivity contribution in [3.63, 3.8) is 0 Å². The third kappa shape index (κ3) is 2.74. The summed E-state index contributed by atoms with van der Waals surface area (Å²) in [5.74, 6) is -1.11. The SMILES string of the molecule is CC1(CNC(=O)N2C3CCC2C(C(=O)O)C3)CCCCC1. The van der Waals surface area contributed by atoms with E-state index >= 15 is 0 Å². The van der Waals surface area contributed by atoms with Crippen LogP contribution in [0.3, 0.4) is 0 Å². The molecule has 0 radical (unpaired) electrons. The molecule has 2 saturated heterocycles. The largest absolute Gasteiger partial charge is 0.481 e. The molecule has 0 aromatic heterocycles. The van der Waals surface area contributed by atoms with Crippen molar-refractivity contribution < 1.29 is 14.7 Å². The second kappa shape index (κ2) is 5.50. The minimum absolute atomic E-state index is 0.0435. The van der Waals surface area contributed by atoms with Crippen LogP contribution in [0, 0.1) is 11.3 Å². The van der Waals surface area contributed by atoms with Gasteiger partial charge in [0.25, 0.3) is 0 Å². The number of nitrogens with one attached hydrogen (secondary N) is 1. The van der Waals surface area contributed by atoms with E-state index in [1.807, 2.05) is 4.90 Å². The van der Waals surface area contributed by atoms with Gasteiger partial charge >= 0.3 is 12.0 Å². The molecule has 2 heterocycles. The summed E-state index contributed by atoms with van der Waals surface area (Å²) in [7, 11) is 0. The van der Waals surface area contributed by atoms with Gasteiger partial charge in [0.1, 0.15) is 0 Å². The van der Waals surface area contributed by atoms with Gasteiger partial charge in [-0.3, -0.25) is 4.79 Å². The first-order chi connectivity index (χ1) is 10.0. The van der Waals surface area contributed by atoms with Gasteiger partial charge < -0.3 is 15.3 Å². The average molecular weight is 294 g/mol. The van der Waals surface area contributed by atoms with Crippen LogP contribution >= 0.6 is 0 Å². The predicted octanol–water partition coefficient (Wildman–Crippen LogP) is 2.60. The Bertz CT molecular complexity index is 431. The Balaban J connectivity index is 1.58. The van der Waals surface area contributed by atoms with E-state index in [0.29, 0.717) is 6.42 Å². The van der Waals surface area contributed by atoms with Gasteiger partial charge in [0.2, 0.25) is 0 Å². The van der Waals surface area contributed by atoms with Crippen molar-refractivity contribution in [2.75, 3.05) is 6.54 Å². The Hall–Kier alpha value is -1.26. The van der Waals surface area contributed by atoms with Gasteiger partial charge in [-0.05, 0) is 37.5 Å². The van der Waals surface area contributed by atoms with Crippen LogP contribution in [0.2, 0.25) is 0 Å². The number of carbonyl (C=O) groups excluding carboxylic acids is 1. The Morgan fingerprint density at radius 3 is 2.57 bits per heavy atom. The van der Waals surface area contributed by atoms with E-state index in [1.165, 1.54) is 32.1 Å². The summed E-state index contributed by atoms with van der Waals surface area (Å²) in [5, 5.41) is 12.3. The molecule has 21 heavy (non-hydrogen) atoms. The van der Waals surface area contributed by atoms with Gasteiger partial charge in [-0.1, -0.05) is 26.2 Å². The number of hydrogen-bond acceptors (Lipinski definition) is 2. The topological polar surface area (TPSA) is 69.6 Å². The number of carbonyl (C=O) groups is 2. The number of nitrogens with zero attached hydrogens (tertiary/aromatic N) is 1. The van der Waals surface area contributed by atoms with Crippen LogP contribution in [-0.2, 0) is 4.79 Å². The first-order valence-electron chi connectivity index (χ1n) is 8.29. The normalized spacial score (nSPS) is 34.0. The Kier molecular flexibility index (Phi) is 3.84. The number of carboxylic acids is 1. The van der Waals surface area contributed by atoms with E-state index in [2.05, 4.69) is 12.2 Å². The highest BCUT2D eigenvalue weighted by Gasteiger charge is 2.51. The van der Waals surface area contributed by atoms with Crippen LogP contribution < -0.4 is 5.32 Å². The monoisotopic (exact) mass is 294 g/mol. The lowest BCUT2D eigenvalue weighted by atomic mass is 9.76. The molecule has 1 saturated carbocycles. The van der Waals surface area contributed by atoms with Crippen molar-refractivity contribution in [2.45, 2.75) is 70.4 Å². The predicted molar refractivity (Wildman–Crippen MR) is 79.0 cm³/mol. The molecule has 2 aliphatic heterocycles. The average Bonchev–Trinajstić information content (AvgIpc) is 3.03. The lowest BCUT2D eigenvalue weighted by Gasteiger charge is -2.34. The molecular weight excluding hydrogens is 268 g/mol. The molecule has 1 aliphatic carbocycles. The van der Waals surface area contributed by atoms with Crippen molar-refractivity contribution in [2.24, 2.45) is 11.3 Å². The fourth-order valence-corrected chi connectivity index (χ4v) is 4.53. The lowest BCUT2D eigenvalue weighted by molar-refractivity contribution is -0.142. The number of aliphatic carboxylic acids is 1. The van der Waals surface area contributed by atoms with Gasteiger partial charge in [-0.15, -0.1) is 0 Å². The van der Waals surface area contributed by atoms with Crippen LogP contribution in [0.25, 0.3) is 0 Å². The molecular formula is C16H26N2O3. The third-order valence-corrected chi connectivity index (χ3v) is 5.82. The highest BCUT2D eigenvalue weighted by atomic mass is 16.4. The molecule has 3 rings (SSSR count). The molecule has 3 aliphatic rings. The number of urea groups is 1. The quantitative estimate of drug-likeness (QED) is 0.840. The van der Waals surface area contributed by atoms with E-state index in [4.69, 9.17) is 0 Å². The molecule has 2 amide bonds. The zero-order chi connectivity index (χ0) is 15.0. The number of rotatable bonds is 3. The van der Waals surface area contributed by atoms with Gasteiger partial charge in [0.15, 0.2) is 0 Å². The molecule has 2 bridgehead atoms. The Morgan fingerprint density at radius 2 is 1.95 bits per heavy atom. The summed E-state index contributed by atoms with van der Waals surface area (Å²) in [6, 6.07) is -0.0000256. The van der Waals surface area contributed by atoms with E-state index in [-0.39, 0.29) is 29.4 Å². The maximum atomic E-state index is 12.5. The van der Waals surface area contributed by atoms with Gasteiger partial charge in [-0.25, -0.2) is 4.79 Å². The lowest BCUT2D eigenvalue weighted by Crippen LogP contribution is -2.47. The van der Waals surface area contributed by atoms with E-state index < -0.39 is 5.97 Å². The summed E-state index contributed by atoms with van der Waals surface area (Å²) < 4.78 is 0. The zero-order valence-corrected chi connectivity index (χ0v) is 12.8. The second-order valence-corrected chi connectivity index (χ2v) is 7.42. The highest BCUT2D eigenvalue weighted by molar-refractivity contribution is 5.79. The maximum absolute atomic E-state index is 12.5. The van der Waals surface area contributed by atoms with E-state index in [1.54, 1.807) is 0 Å². The van der Waals surface area contributed by atoms with Crippen molar-refractivity contribution in [3.8, 4) is 0 Å². The van der Waals surface area contributed by atoms with Crippen LogP contribution in [0.1, 0.15) is 58.3 Å². The highest BCUT2D eigenvalue weighted by Crippen LogP contribution is 2.42. The summed E-state index contributed by atoms with van der Waals surface area (Å²) in [5.41, 5.74) is 0.221. The summed E-state index contributed by atoms with van der Waals surface area (Å²) in [6.07, 6.45) is 8.59. The van der Waals surface area contributed by atoms with Crippen LogP contribution in [0.4, 0.5) is 4.79 Å². The van der Waals surface area contributed by atoms with Gasteiger partial charge in [-0.2, -0.15) is 0 Å². The fourth-order valence-electron chi connectivity index (χ4n) is 4.53. The summed E-state index contributed by atoms with van der Waals surface area (Å²) in [6.45, 7) is 2.98. The molecule has 5 heteroatoms. The number of amides is 2. The Labute approximate surface area is 126 Å². The van der Waals surface area contributed by atoms with Crippen LogP contribution in [0.5, 0.6) is 0 Å². The van der Waals surface area contributed by atoms with E-state index in [0.717, 1.165) is 19.4 Å². The van der Waals surface area contributed by atoms with Crippen molar-refractivity contribution in [3.05, 3.63) is 0 Å². The van der Waals surface area contributed by atoms with Crippen LogP contribution in [-0.4, -0.2) is 40.6 Å². The molecule has 2 N–H and O–H groups in total. The standard InChI is InChI=1S/C16H26N2O3/c1-16(7-3-2-4-8-16)10-17-15(21)18-11-5-6-13(18)12(9-11)14(19)20/h11-13H,2-10H2,1H3,(H,17,21)(H,19,20). The molecule has 0 aromatic carbocycles. The van der Waals surface area contributed by atoms with Crippen molar-refractivity contribution in [1.29, 1.82) is 0 Å². The molecule has 5 nitrogen and oxygen atoms in total. The summed E-state index contributed by atoms with van der Waals surface area (Å²) >= 11 is 0. The molecule has 0 spiro atoms. The molecule has 3 fully saturated rings. The summed E-state index contributed by atoms with van der Waals surface area (Å²) in [4.78, 5) is 25.6. The molecule has 118 valence electrons. The van der Waals surface area contributed by atoms with E-state index in [9.17, 15) is 14.7 Å². The minimum atomic E-state index is -0.751. The number of hydrogen-bond donors (Lipinski definition) is 2.